The third kappa shape index (κ3) is 3.43. The van der Waals surface area contributed by atoms with E-state index in [-0.39, 0.29) is 5.69 Å². The van der Waals surface area contributed by atoms with E-state index in [1.807, 2.05) is 20.8 Å². The molecule has 1 aromatic rings. The zero-order valence-electron chi connectivity index (χ0n) is 9.87. The molecule has 1 nitrogen and oxygen atoms in total. The Hall–Kier alpha value is -1.19. The lowest BCUT2D eigenvalue weighted by Gasteiger charge is -2.25. The van der Waals surface area contributed by atoms with Crippen LogP contribution in [0.1, 0.15) is 31.9 Å². The maximum atomic E-state index is 12.8. The molecule has 1 N–H and O–H groups in total. The van der Waals surface area contributed by atoms with Crippen LogP contribution in [0.4, 0.5) is 18.9 Å². The number of aryl methyl sites for hydroxylation is 1. The molecule has 16 heavy (non-hydrogen) atoms. The summed E-state index contributed by atoms with van der Waals surface area (Å²) in [6.45, 7) is 7.13. The van der Waals surface area contributed by atoms with Gasteiger partial charge >= 0.3 is 6.18 Å². The molecule has 0 saturated carbocycles. The van der Waals surface area contributed by atoms with Crippen LogP contribution in [0.3, 0.4) is 0 Å². The van der Waals surface area contributed by atoms with Crippen molar-refractivity contribution in [2.45, 2.75) is 39.4 Å². The summed E-state index contributed by atoms with van der Waals surface area (Å²) in [4.78, 5) is 0. The number of anilines is 1. The highest BCUT2D eigenvalue weighted by Gasteiger charge is 2.34. The van der Waals surface area contributed by atoms with E-state index in [2.05, 4.69) is 5.32 Å². The minimum absolute atomic E-state index is 0.130. The van der Waals surface area contributed by atoms with Crippen LogP contribution in [0.2, 0.25) is 0 Å². The van der Waals surface area contributed by atoms with Crippen LogP contribution in [0, 0.1) is 6.92 Å². The Kier molecular flexibility index (Phi) is 3.22. The monoisotopic (exact) mass is 231 g/mol. The lowest BCUT2D eigenvalue weighted by molar-refractivity contribution is -0.137. The molecular weight excluding hydrogens is 215 g/mol. The van der Waals surface area contributed by atoms with Crippen molar-refractivity contribution >= 4 is 5.69 Å². The zero-order chi connectivity index (χ0) is 12.6. The highest BCUT2D eigenvalue weighted by molar-refractivity contribution is 5.55. The summed E-state index contributed by atoms with van der Waals surface area (Å²) in [5.41, 5.74) is -0.269. The number of benzene rings is 1. The van der Waals surface area contributed by atoms with Crippen LogP contribution in [0.25, 0.3) is 0 Å². The third-order valence-electron chi connectivity index (χ3n) is 1.99. The number of nitrogens with one attached hydrogen (secondary N) is 1. The van der Waals surface area contributed by atoms with Crippen molar-refractivity contribution in [3.8, 4) is 0 Å². The first-order valence-corrected chi connectivity index (χ1v) is 5.05. The second-order valence-corrected chi connectivity index (χ2v) is 4.92. The van der Waals surface area contributed by atoms with Gasteiger partial charge in [0.2, 0.25) is 0 Å². The second kappa shape index (κ2) is 4.00. The smallest absolute Gasteiger partial charge is 0.380 e. The molecule has 0 aliphatic heterocycles. The number of hydrogen-bond donors (Lipinski definition) is 1. The molecular formula is C12H16F3N. The molecule has 0 spiro atoms. The van der Waals surface area contributed by atoms with Crippen molar-refractivity contribution in [1.82, 2.24) is 0 Å². The quantitative estimate of drug-likeness (QED) is 0.762. The van der Waals surface area contributed by atoms with Crippen molar-refractivity contribution in [3.63, 3.8) is 0 Å². The SMILES string of the molecule is Cc1ccc(NC(C)(C)C)c(C(F)(F)F)c1. The Morgan fingerprint density at radius 1 is 1.06 bits per heavy atom. The molecule has 1 aromatic carbocycles. The van der Waals surface area contributed by atoms with Gasteiger partial charge in [-0.1, -0.05) is 11.6 Å². The first-order chi connectivity index (χ1) is 7.09. The van der Waals surface area contributed by atoms with E-state index in [0.717, 1.165) is 6.07 Å². The van der Waals surface area contributed by atoms with Crippen LogP contribution < -0.4 is 5.32 Å². The van der Waals surface area contributed by atoms with Crippen LogP contribution in [-0.2, 0) is 6.18 Å². The fourth-order valence-corrected chi connectivity index (χ4v) is 1.41. The van der Waals surface area contributed by atoms with Gasteiger partial charge in [0.05, 0.1) is 5.56 Å². The van der Waals surface area contributed by atoms with Gasteiger partial charge < -0.3 is 5.32 Å². The largest absolute Gasteiger partial charge is 0.418 e. The van der Waals surface area contributed by atoms with Gasteiger partial charge in [0.25, 0.3) is 0 Å². The van der Waals surface area contributed by atoms with Crippen LogP contribution in [-0.4, -0.2) is 5.54 Å². The molecule has 0 bridgehead atoms. The van der Waals surface area contributed by atoms with Crippen molar-refractivity contribution in [2.24, 2.45) is 0 Å². The predicted molar refractivity (Wildman–Crippen MR) is 59.6 cm³/mol. The highest BCUT2D eigenvalue weighted by atomic mass is 19.4. The Bertz CT molecular complexity index is 375. The Balaban J connectivity index is 3.19. The fraction of sp³-hybridized carbons (Fsp3) is 0.500. The van der Waals surface area contributed by atoms with Gasteiger partial charge in [-0.3, -0.25) is 0 Å². The van der Waals surface area contributed by atoms with E-state index < -0.39 is 17.3 Å². The lowest BCUT2D eigenvalue weighted by atomic mass is 10.0. The van der Waals surface area contributed by atoms with Gasteiger partial charge in [0.1, 0.15) is 0 Å². The van der Waals surface area contributed by atoms with Crippen LogP contribution >= 0.6 is 0 Å². The lowest BCUT2D eigenvalue weighted by Crippen LogP contribution is -2.27. The van der Waals surface area contributed by atoms with E-state index in [9.17, 15) is 13.2 Å². The normalized spacial score (nSPS) is 12.7. The number of hydrogen-bond acceptors (Lipinski definition) is 1. The van der Waals surface area contributed by atoms with E-state index in [1.54, 1.807) is 13.0 Å². The Morgan fingerprint density at radius 2 is 1.62 bits per heavy atom. The molecule has 0 radical (unpaired) electrons. The average Bonchev–Trinajstić information content (AvgIpc) is 2.04. The molecule has 0 aliphatic carbocycles. The summed E-state index contributed by atoms with van der Waals surface area (Å²) in [6, 6.07) is 4.31. The Morgan fingerprint density at radius 3 is 2.06 bits per heavy atom. The van der Waals surface area contributed by atoms with Crippen molar-refractivity contribution in [1.29, 1.82) is 0 Å². The highest BCUT2D eigenvalue weighted by Crippen LogP contribution is 2.36. The fourth-order valence-electron chi connectivity index (χ4n) is 1.41. The summed E-state index contributed by atoms with van der Waals surface area (Å²) >= 11 is 0. The first-order valence-electron chi connectivity index (χ1n) is 5.05. The average molecular weight is 231 g/mol. The van der Waals surface area contributed by atoms with Gasteiger partial charge in [-0.2, -0.15) is 13.2 Å². The van der Waals surface area contributed by atoms with Crippen LogP contribution in [0.15, 0.2) is 18.2 Å². The van der Waals surface area contributed by atoms with Gasteiger partial charge in [-0.25, -0.2) is 0 Å². The molecule has 0 heterocycles. The molecule has 0 atom stereocenters. The predicted octanol–water partition coefficient (Wildman–Crippen LogP) is 4.22. The topological polar surface area (TPSA) is 12.0 Å². The molecule has 0 aromatic heterocycles. The molecule has 1 rings (SSSR count). The summed E-state index contributed by atoms with van der Waals surface area (Å²) in [5, 5.41) is 2.86. The molecule has 0 fully saturated rings. The molecule has 90 valence electrons. The van der Waals surface area contributed by atoms with E-state index >= 15 is 0 Å². The van der Waals surface area contributed by atoms with Gasteiger partial charge in [0.15, 0.2) is 0 Å². The van der Waals surface area contributed by atoms with E-state index in [0.29, 0.717) is 5.56 Å². The van der Waals surface area contributed by atoms with Gasteiger partial charge in [-0.15, -0.1) is 0 Å². The summed E-state index contributed by atoms with van der Waals surface area (Å²) in [5.74, 6) is 0. The summed E-state index contributed by atoms with van der Waals surface area (Å²) in [7, 11) is 0. The molecule has 0 unspecified atom stereocenters. The third-order valence-corrected chi connectivity index (χ3v) is 1.99. The maximum Gasteiger partial charge on any atom is 0.418 e. The van der Waals surface area contributed by atoms with Crippen LogP contribution in [0.5, 0.6) is 0 Å². The minimum atomic E-state index is -4.32. The maximum absolute atomic E-state index is 12.8. The summed E-state index contributed by atoms with van der Waals surface area (Å²) < 4.78 is 38.3. The molecule has 4 heteroatoms. The van der Waals surface area contributed by atoms with Crippen molar-refractivity contribution in [3.05, 3.63) is 29.3 Å². The molecule has 0 saturated heterocycles. The van der Waals surface area contributed by atoms with E-state index in [1.165, 1.54) is 6.07 Å². The van der Waals surface area contributed by atoms with Gasteiger partial charge in [-0.05, 0) is 39.8 Å². The number of halogens is 3. The standard InChI is InChI=1S/C12H16F3N/c1-8-5-6-10(16-11(2,3)4)9(7-8)12(13,14)15/h5-7,16H,1-4H3. The first kappa shape index (κ1) is 12.9. The molecule has 0 amide bonds. The molecule has 0 aliphatic rings. The van der Waals surface area contributed by atoms with E-state index in [4.69, 9.17) is 0 Å². The zero-order valence-corrected chi connectivity index (χ0v) is 9.87. The summed E-state index contributed by atoms with van der Waals surface area (Å²) in [6.07, 6.45) is -4.32. The Labute approximate surface area is 93.7 Å². The van der Waals surface area contributed by atoms with Crippen molar-refractivity contribution in [2.75, 3.05) is 5.32 Å². The van der Waals surface area contributed by atoms with Crippen molar-refractivity contribution < 1.29 is 13.2 Å². The number of alkyl halides is 3. The van der Waals surface area contributed by atoms with Gasteiger partial charge in [0, 0.05) is 11.2 Å². The second-order valence-electron chi connectivity index (χ2n) is 4.92. The number of rotatable bonds is 1. The minimum Gasteiger partial charge on any atom is -0.380 e.